The van der Waals surface area contributed by atoms with E-state index >= 15 is 0 Å². The Morgan fingerprint density at radius 2 is 1.96 bits per heavy atom. The van der Waals surface area contributed by atoms with Crippen molar-refractivity contribution in [2.75, 3.05) is 0 Å². The van der Waals surface area contributed by atoms with Crippen LogP contribution in [-0.2, 0) is 17.9 Å². The first kappa shape index (κ1) is 17.7. The zero-order chi connectivity index (χ0) is 19.3. The lowest BCUT2D eigenvalue weighted by molar-refractivity contribution is -0.142. The van der Waals surface area contributed by atoms with Gasteiger partial charge in [-0.3, -0.25) is 9.69 Å². The maximum atomic E-state index is 11.6. The van der Waals surface area contributed by atoms with Gasteiger partial charge in [-0.05, 0) is 43.0 Å². The first-order valence-electron chi connectivity index (χ1n) is 9.77. The lowest BCUT2D eigenvalue weighted by Crippen LogP contribution is -2.33. The second-order valence-electron chi connectivity index (χ2n) is 7.88. The third-order valence-corrected chi connectivity index (χ3v) is 6.53. The summed E-state index contributed by atoms with van der Waals surface area (Å²) in [5.74, 6) is 0.0611. The summed E-state index contributed by atoms with van der Waals surface area (Å²) in [6, 6.07) is 16.6. The van der Waals surface area contributed by atoms with Gasteiger partial charge in [0.2, 0.25) is 0 Å². The van der Waals surface area contributed by atoms with E-state index in [1.807, 2.05) is 36.4 Å². The minimum absolute atomic E-state index is 0.121. The zero-order valence-electron chi connectivity index (χ0n) is 15.5. The first-order valence-corrected chi connectivity index (χ1v) is 10.1. The Balaban J connectivity index is 1.52. The van der Waals surface area contributed by atoms with Gasteiger partial charge in [0.1, 0.15) is 5.82 Å². The number of hydrogen-bond acceptors (Lipinski definition) is 3. The lowest BCUT2D eigenvalue weighted by Gasteiger charge is -2.23. The minimum atomic E-state index is -0.665. The molecular formula is C22H22ClN3O2. The number of fused-ring (bicyclic) bond motifs is 3. The van der Waals surface area contributed by atoms with Crippen LogP contribution in [0.1, 0.15) is 30.7 Å². The van der Waals surface area contributed by atoms with Gasteiger partial charge >= 0.3 is 5.97 Å². The number of carbonyl (C=O) groups is 1. The average Bonchev–Trinajstić information content (AvgIpc) is 3.34. The summed E-state index contributed by atoms with van der Waals surface area (Å²) in [6.07, 6.45) is 2.80. The van der Waals surface area contributed by atoms with Crippen molar-refractivity contribution in [3.8, 4) is 0 Å². The van der Waals surface area contributed by atoms with E-state index in [1.165, 1.54) is 5.56 Å². The monoisotopic (exact) mass is 395 g/mol. The summed E-state index contributed by atoms with van der Waals surface area (Å²) >= 11 is 6.20. The maximum absolute atomic E-state index is 11.6. The average molecular weight is 396 g/mol. The number of halogens is 1. The number of rotatable bonds is 5. The topological polar surface area (TPSA) is 58.4 Å². The van der Waals surface area contributed by atoms with Crippen LogP contribution in [0.15, 0.2) is 48.5 Å². The summed E-state index contributed by atoms with van der Waals surface area (Å²) in [6.45, 7) is 1.41. The van der Waals surface area contributed by atoms with Crippen LogP contribution in [0.5, 0.6) is 0 Å². The Kier molecular flexibility index (Phi) is 4.37. The molecule has 2 saturated heterocycles. The minimum Gasteiger partial charge on any atom is -0.481 e. The second kappa shape index (κ2) is 6.90. The molecule has 3 atom stereocenters. The van der Waals surface area contributed by atoms with Gasteiger partial charge in [0.25, 0.3) is 0 Å². The molecule has 2 fully saturated rings. The Bertz CT molecular complexity index is 1030. The van der Waals surface area contributed by atoms with Gasteiger partial charge in [0, 0.05) is 23.7 Å². The summed E-state index contributed by atoms with van der Waals surface area (Å²) < 4.78 is 2.24. The Morgan fingerprint density at radius 1 is 1.14 bits per heavy atom. The van der Waals surface area contributed by atoms with Gasteiger partial charge in [-0.1, -0.05) is 41.9 Å². The molecule has 5 nitrogen and oxygen atoms in total. The Labute approximate surface area is 168 Å². The third-order valence-electron chi connectivity index (χ3n) is 6.30. The van der Waals surface area contributed by atoms with E-state index in [9.17, 15) is 9.90 Å². The van der Waals surface area contributed by atoms with Crippen LogP contribution in [0.4, 0.5) is 0 Å². The van der Waals surface area contributed by atoms with Gasteiger partial charge in [-0.25, -0.2) is 4.98 Å². The van der Waals surface area contributed by atoms with E-state index < -0.39 is 5.97 Å². The van der Waals surface area contributed by atoms with Crippen LogP contribution in [0.3, 0.4) is 0 Å². The highest BCUT2D eigenvalue weighted by atomic mass is 35.5. The summed E-state index contributed by atoms with van der Waals surface area (Å²) in [4.78, 5) is 18.9. The molecule has 3 unspecified atom stereocenters. The van der Waals surface area contributed by atoms with Gasteiger partial charge in [-0.2, -0.15) is 0 Å². The highest BCUT2D eigenvalue weighted by Gasteiger charge is 2.49. The van der Waals surface area contributed by atoms with Gasteiger partial charge < -0.3 is 9.67 Å². The van der Waals surface area contributed by atoms with Crippen molar-refractivity contribution < 1.29 is 9.90 Å². The third kappa shape index (κ3) is 2.99. The Hall–Kier alpha value is -2.37. The molecule has 0 spiro atoms. The van der Waals surface area contributed by atoms with Crippen LogP contribution < -0.4 is 0 Å². The van der Waals surface area contributed by atoms with E-state index in [0.717, 1.165) is 42.7 Å². The Morgan fingerprint density at radius 3 is 2.71 bits per heavy atom. The molecule has 3 heterocycles. The van der Waals surface area contributed by atoms with Gasteiger partial charge in [0.05, 0.1) is 23.5 Å². The smallest absolute Gasteiger partial charge is 0.308 e. The summed E-state index contributed by atoms with van der Waals surface area (Å²) in [5.41, 5.74) is 3.16. The molecule has 0 aliphatic carbocycles. The summed E-state index contributed by atoms with van der Waals surface area (Å²) in [5, 5.41) is 10.2. The standard InChI is InChI=1S/C22H22ClN3O2/c23-15-6-8-20-18(10-15)24-21(26(20)12-14-4-2-1-3-5-14)13-25-16-7-9-19(25)17(11-16)22(27)28/h1-6,8,10,16-17,19H,7,9,11-13H2,(H,27,28). The highest BCUT2D eigenvalue weighted by molar-refractivity contribution is 6.31. The SMILES string of the molecule is O=C(O)C1CC2CCC1N2Cc1nc2cc(Cl)ccc2n1Cc1ccccc1. The molecule has 144 valence electrons. The van der Waals surface area contributed by atoms with Crippen molar-refractivity contribution >= 4 is 28.6 Å². The number of nitrogens with zero attached hydrogens (tertiary/aromatic N) is 3. The fraction of sp³-hybridized carbons (Fsp3) is 0.364. The van der Waals surface area contributed by atoms with E-state index in [0.29, 0.717) is 17.6 Å². The van der Waals surface area contributed by atoms with Crippen molar-refractivity contribution in [3.63, 3.8) is 0 Å². The van der Waals surface area contributed by atoms with Crippen molar-refractivity contribution in [2.24, 2.45) is 5.92 Å². The molecule has 5 rings (SSSR count). The summed E-state index contributed by atoms with van der Waals surface area (Å²) in [7, 11) is 0. The lowest BCUT2D eigenvalue weighted by atomic mass is 9.89. The van der Waals surface area contributed by atoms with Crippen LogP contribution >= 0.6 is 11.6 Å². The van der Waals surface area contributed by atoms with Crippen LogP contribution in [0.2, 0.25) is 5.02 Å². The van der Waals surface area contributed by atoms with E-state index in [4.69, 9.17) is 16.6 Å². The maximum Gasteiger partial charge on any atom is 0.308 e. The second-order valence-corrected chi connectivity index (χ2v) is 8.32. The predicted molar refractivity (Wildman–Crippen MR) is 108 cm³/mol. The molecular weight excluding hydrogens is 374 g/mol. The van der Waals surface area contributed by atoms with Crippen LogP contribution in [-0.4, -0.2) is 37.6 Å². The number of hydrogen-bond donors (Lipinski definition) is 1. The molecule has 0 saturated carbocycles. The van der Waals surface area contributed by atoms with Crippen molar-refractivity contribution in [1.29, 1.82) is 0 Å². The van der Waals surface area contributed by atoms with Crippen molar-refractivity contribution in [3.05, 3.63) is 64.9 Å². The number of aromatic nitrogens is 2. The van der Waals surface area contributed by atoms with Crippen molar-refractivity contribution in [1.82, 2.24) is 14.5 Å². The van der Waals surface area contributed by atoms with E-state index in [1.54, 1.807) is 0 Å². The number of carboxylic acids is 1. The molecule has 6 heteroatoms. The van der Waals surface area contributed by atoms with Gasteiger partial charge in [-0.15, -0.1) is 0 Å². The van der Waals surface area contributed by atoms with Crippen molar-refractivity contribution in [2.45, 2.75) is 44.4 Å². The molecule has 28 heavy (non-hydrogen) atoms. The molecule has 3 aromatic rings. The molecule has 1 N–H and O–H groups in total. The molecule has 0 radical (unpaired) electrons. The molecule has 2 bridgehead atoms. The quantitative estimate of drug-likeness (QED) is 0.704. The highest BCUT2D eigenvalue weighted by Crippen LogP contribution is 2.42. The molecule has 2 aliphatic rings. The number of aliphatic carboxylic acids is 1. The fourth-order valence-corrected chi connectivity index (χ4v) is 5.16. The number of carboxylic acid groups (broad SMARTS) is 1. The molecule has 0 amide bonds. The normalized spacial score (nSPS) is 24.2. The number of benzene rings is 2. The molecule has 2 aromatic carbocycles. The van der Waals surface area contributed by atoms with E-state index in [2.05, 4.69) is 21.6 Å². The fourth-order valence-electron chi connectivity index (χ4n) is 4.99. The van der Waals surface area contributed by atoms with Gasteiger partial charge in [0.15, 0.2) is 0 Å². The zero-order valence-corrected chi connectivity index (χ0v) is 16.2. The number of imidazole rings is 1. The molecule has 2 aliphatic heterocycles. The predicted octanol–water partition coefficient (Wildman–Crippen LogP) is 4.18. The van der Waals surface area contributed by atoms with Crippen LogP contribution in [0, 0.1) is 5.92 Å². The van der Waals surface area contributed by atoms with Crippen LogP contribution in [0.25, 0.3) is 11.0 Å². The first-order chi connectivity index (χ1) is 13.6. The molecule has 1 aromatic heterocycles. The van der Waals surface area contributed by atoms with E-state index in [-0.39, 0.29) is 12.0 Å². The largest absolute Gasteiger partial charge is 0.481 e.